The molecule has 176 valence electrons. The summed E-state index contributed by atoms with van der Waals surface area (Å²) < 4.78 is 5.49. The Morgan fingerprint density at radius 1 is 0.886 bits per heavy atom. The van der Waals surface area contributed by atoms with E-state index in [1.165, 1.54) is 16.3 Å². The molecular formula is C32H31NO2. The third-order valence-electron chi connectivity index (χ3n) is 6.07. The summed E-state index contributed by atoms with van der Waals surface area (Å²) in [6.07, 6.45) is 0. The Labute approximate surface area is 208 Å². The van der Waals surface area contributed by atoms with Crippen LogP contribution in [0.4, 0.5) is 0 Å². The predicted molar refractivity (Wildman–Crippen MR) is 143 cm³/mol. The molecule has 4 rings (SSSR count). The largest absolute Gasteiger partial charge is 0.460 e. The molecule has 4 aromatic rings. The van der Waals surface area contributed by atoms with Crippen molar-refractivity contribution in [2.75, 3.05) is 0 Å². The van der Waals surface area contributed by atoms with Crippen molar-refractivity contribution >= 4 is 16.7 Å². The fourth-order valence-electron chi connectivity index (χ4n) is 3.95. The van der Waals surface area contributed by atoms with Gasteiger partial charge < -0.3 is 10.1 Å². The van der Waals surface area contributed by atoms with Gasteiger partial charge in [0, 0.05) is 18.2 Å². The van der Waals surface area contributed by atoms with Crippen LogP contribution in [-0.2, 0) is 22.7 Å². The van der Waals surface area contributed by atoms with E-state index in [0.29, 0.717) is 0 Å². The monoisotopic (exact) mass is 461 g/mol. The molecule has 0 fully saturated rings. The molecule has 0 aliphatic heterocycles. The number of carbonyl (C=O) groups excluding carboxylic acids is 1. The highest BCUT2D eigenvalue weighted by atomic mass is 16.5. The number of benzene rings is 4. The van der Waals surface area contributed by atoms with Crippen LogP contribution in [0, 0.1) is 17.3 Å². The van der Waals surface area contributed by atoms with Gasteiger partial charge in [-0.15, -0.1) is 0 Å². The van der Waals surface area contributed by atoms with Gasteiger partial charge in [0.1, 0.15) is 12.0 Å². The van der Waals surface area contributed by atoms with Gasteiger partial charge >= 0.3 is 5.97 Å². The van der Waals surface area contributed by atoms with E-state index in [2.05, 4.69) is 78.7 Å². The Bertz CT molecular complexity index is 1360. The van der Waals surface area contributed by atoms with Gasteiger partial charge in [-0.05, 0) is 60.4 Å². The zero-order valence-corrected chi connectivity index (χ0v) is 20.5. The summed E-state index contributed by atoms with van der Waals surface area (Å²) in [5, 5.41) is 6.16. The van der Waals surface area contributed by atoms with Crippen LogP contribution >= 0.6 is 0 Å². The third-order valence-corrected chi connectivity index (χ3v) is 6.07. The quantitative estimate of drug-likeness (QED) is 0.243. The summed E-state index contributed by atoms with van der Waals surface area (Å²) in [6, 6.07) is 32.9. The summed E-state index contributed by atoms with van der Waals surface area (Å²) in [6.45, 7) is 6.76. The first-order chi connectivity index (χ1) is 16.9. The number of carbonyl (C=O) groups is 1. The van der Waals surface area contributed by atoms with Crippen LogP contribution in [0.25, 0.3) is 10.8 Å². The summed E-state index contributed by atoms with van der Waals surface area (Å²) in [4.78, 5) is 12.6. The van der Waals surface area contributed by atoms with Gasteiger partial charge in [0.25, 0.3) is 0 Å². The Balaban J connectivity index is 1.38. The van der Waals surface area contributed by atoms with Crippen LogP contribution in [-0.4, -0.2) is 5.97 Å². The second kappa shape index (κ2) is 11.0. The zero-order chi connectivity index (χ0) is 24.7. The van der Waals surface area contributed by atoms with Crippen molar-refractivity contribution in [1.82, 2.24) is 5.32 Å². The number of nitrogens with one attached hydrogen (secondary N) is 1. The predicted octanol–water partition coefficient (Wildman–Crippen LogP) is 6.81. The van der Waals surface area contributed by atoms with E-state index in [1.807, 2.05) is 42.5 Å². The lowest BCUT2D eigenvalue weighted by atomic mass is 9.94. The van der Waals surface area contributed by atoms with E-state index in [4.69, 9.17) is 4.74 Å². The highest BCUT2D eigenvalue weighted by Gasteiger charge is 2.27. The van der Waals surface area contributed by atoms with Crippen LogP contribution < -0.4 is 5.32 Å². The van der Waals surface area contributed by atoms with Crippen LogP contribution in [0.2, 0.25) is 0 Å². The summed E-state index contributed by atoms with van der Waals surface area (Å²) in [5.41, 5.74) is 3.38. The lowest BCUT2D eigenvalue weighted by molar-refractivity contribution is -0.152. The minimum atomic E-state index is -0.897. The van der Waals surface area contributed by atoms with Crippen LogP contribution in [0.15, 0.2) is 97.1 Å². The van der Waals surface area contributed by atoms with Crippen molar-refractivity contribution in [1.29, 1.82) is 0 Å². The van der Waals surface area contributed by atoms with E-state index in [0.717, 1.165) is 23.2 Å². The van der Waals surface area contributed by atoms with Crippen molar-refractivity contribution in [2.45, 2.75) is 40.0 Å². The highest BCUT2D eigenvalue weighted by Crippen LogP contribution is 2.24. The molecule has 0 saturated heterocycles. The number of rotatable bonds is 7. The first kappa shape index (κ1) is 24.3. The van der Waals surface area contributed by atoms with Gasteiger partial charge in [-0.3, -0.25) is 4.79 Å². The molecule has 0 saturated carbocycles. The fraction of sp³-hybridized carbons (Fsp3) is 0.219. The number of hydrogen-bond donors (Lipinski definition) is 1. The molecule has 0 aliphatic rings. The van der Waals surface area contributed by atoms with Crippen LogP contribution in [0.3, 0.4) is 0 Å². The lowest BCUT2D eigenvalue weighted by Crippen LogP contribution is -2.24. The van der Waals surface area contributed by atoms with Crippen LogP contribution in [0.1, 0.15) is 49.1 Å². The maximum Gasteiger partial charge on any atom is 0.324 e. The fourth-order valence-corrected chi connectivity index (χ4v) is 3.95. The molecule has 1 N–H and O–H groups in total. The Morgan fingerprint density at radius 3 is 2.40 bits per heavy atom. The normalized spacial score (nSPS) is 12.0. The summed E-state index contributed by atoms with van der Waals surface area (Å²) in [5.74, 6) is 5.95. The molecule has 4 aromatic carbocycles. The molecule has 3 heteroatoms. The third kappa shape index (κ3) is 6.38. The van der Waals surface area contributed by atoms with Crippen molar-refractivity contribution < 1.29 is 9.53 Å². The van der Waals surface area contributed by atoms with Gasteiger partial charge in [0.2, 0.25) is 0 Å². The first-order valence-corrected chi connectivity index (χ1v) is 12.0. The van der Waals surface area contributed by atoms with Gasteiger partial charge in [0.05, 0.1) is 0 Å². The SMILES string of the molecule is C[C@@H](NCc1cccc(C#CC(C)(C)C(=O)OCc2ccccc2)c1)c1cccc2ccccc12. The Morgan fingerprint density at radius 2 is 1.57 bits per heavy atom. The number of esters is 1. The smallest absolute Gasteiger partial charge is 0.324 e. The highest BCUT2D eigenvalue weighted by molar-refractivity contribution is 5.86. The second-order valence-corrected chi connectivity index (χ2v) is 9.31. The molecule has 0 heterocycles. The standard InChI is InChI=1S/C32H31NO2/c1-24(29-18-10-16-28-15-7-8-17-30(28)29)33-22-27-14-9-13-25(21-27)19-20-32(2,3)31(34)35-23-26-11-5-4-6-12-26/h4-18,21,24,33H,22-23H2,1-3H3/t24-/m1/s1. The summed E-state index contributed by atoms with van der Waals surface area (Å²) in [7, 11) is 0. The minimum Gasteiger partial charge on any atom is -0.460 e. The zero-order valence-electron chi connectivity index (χ0n) is 20.5. The van der Waals surface area contributed by atoms with E-state index in [9.17, 15) is 4.79 Å². The minimum absolute atomic E-state index is 0.203. The van der Waals surface area contributed by atoms with E-state index in [1.54, 1.807) is 13.8 Å². The summed E-state index contributed by atoms with van der Waals surface area (Å²) >= 11 is 0. The van der Waals surface area contributed by atoms with Gasteiger partial charge in [-0.25, -0.2) is 0 Å². The van der Waals surface area contributed by atoms with Gasteiger partial charge in [0.15, 0.2) is 0 Å². The van der Waals surface area contributed by atoms with E-state index >= 15 is 0 Å². The molecule has 0 amide bonds. The molecule has 1 atom stereocenters. The first-order valence-electron chi connectivity index (χ1n) is 12.0. The average molecular weight is 462 g/mol. The number of fused-ring (bicyclic) bond motifs is 1. The van der Waals surface area contributed by atoms with Crippen molar-refractivity contribution in [2.24, 2.45) is 5.41 Å². The van der Waals surface area contributed by atoms with E-state index < -0.39 is 5.41 Å². The number of hydrogen-bond acceptors (Lipinski definition) is 3. The van der Waals surface area contributed by atoms with Crippen molar-refractivity contribution in [3.63, 3.8) is 0 Å². The maximum absolute atomic E-state index is 12.6. The molecule has 0 bridgehead atoms. The molecule has 0 spiro atoms. The van der Waals surface area contributed by atoms with E-state index in [-0.39, 0.29) is 18.6 Å². The number of ether oxygens (including phenoxy) is 1. The molecule has 35 heavy (non-hydrogen) atoms. The maximum atomic E-state index is 12.6. The molecular weight excluding hydrogens is 430 g/mol. The molecule has 0 unspecified atom stereocenters. The average Bonchev–Trinajstić information content (AvgIpc) is 2.89. The molecule has 0 aromatic heterocycles. The second-order valence-electron chi connectivity index (χ2n) is 9.31. The van der Waals surface area contributed by atoms with Gasteiger partial charge in [-0.2, -0.15) is 0 Å². The molecule has 0 aliphatic carbocycles. The Kier molecular flexibility index (Phi) is 7.65. The van der Waals surface area contributed by atoms with Crippen molar-refractivity contribution in [3.05, 3.63) is 119 Å². The Hall–Kier alpha value is -3.87. The lowest BCUT2D eigenvalue weighted by Gasteiger charge is -2.17. The van der Waals surface area contributed by atoms with Gasteiger partial charge in [-0.1, -0.05) is 96.8 Å². The topological polar surface area (TPSA) is 38.3 Å². The molecule has 0 radical (unpaired) electrons. The van der Waals surface area contributed by atoms with Crippen molar-refractivity contribution in [3.8, 4) is 11.8 Å². The molecule has 3 nitrogen and oxygen atoms in total. The van der Waals surface area contributed by atoms with Crippen LogP contribution in [0.5, 0.6) is 0 Å².